The molecular weight excluding hydrogens is 116 g/mol. The van der Waals surface area contributed by atoms with E-state index in [0.29, 0.717) is 12.4 Å². The number of hydrogen-bond donors (Lipinski definition) is 1. The van der Waals surface area contributed by atoms with Crippen LogP contribution in [0.5, 0.6) is 0 Å². The van der Waals surface area contributed by atoms with Crippen LogP contribution >= 0.6 is 0 Å². The Balaban J connectivity index is 2.57. The van der Waals surface area contributed by atoms with Crippen molar-refractivity contribution in [3.8, 4) is 0 Å². The highest BCUT2D eigenvalue weighted by Crippen LogP contribution is 2.13. The SMILES string of the molecule is C=C(O)C1=CCCCO1. The molecule has 0 bridgehead atoms. The van der Waals surface area contributed by atoms with Crippen LogP contribution in [0.4, 0.5) is 0 Å². The highest BCUT2D eigenvalue weighted by Gasteiger charge is 2.04. The van der Waals surface area contributed by atoms with Crippen molar-refractivity contribution >= 4 is 0 Å². The summed E-state index contributed by atoms with van der Waals surface area (Å²) in [6.45, 7) is 4.04. The summed E-state index contributed by atoms with van der Waals surface area (Å²) in [6, 6.07) is 0. The van der Waals surface area contributed by atoms with Gasteiger partial charge in [-0.25, -0.2) is 0 Å². The Bertz CT molecular complexity index is 147. The largest absolute Gasteiger partial charge is 0.505 e. The van der Waals surface area contributed by atoms with Crippen molar-refractivity contribution in [2.24, 2.45) is 0 Å². The van der Waals surface area contributed by atoms with Gasteiger partial charge in [-0.3, -0.25) is 0 Å². The van der Waals surface area contributed by atoms with Crippen LogP contribution in [0.25, 0.3) is 0 Å². The highest BCUT2D eigenvalue weighted by molar-refractivity contribution is 5.16. The lowest BCUT2D eigenvalue weighted by atomic mass is 10.2. The second-order valence-electron chi connectivity index (χ2n) is 2.01. The first-order valence-corrected chi connectivity index (χ1v) is 3.02. The fourth-order valence-corrected chi connectivity index (χ4v) is 0.759. The summed E-state index contributed by atoms with van der Waals surface area (Å²) in [5.74, 6) is 0.580. The second-order valence-corrected chi connectivity index (χ2v) is 2.01. The average molecular weight is 126 g/mol. The summed E-state index contributed by atoms with van der Waals surface area (Å²) in [5, 5.41) is 8.79. The lowest BCUT2D eigenvalue weighted by Crippen LogP contribution is -2.02. The first-order valence-electron chi connectivity index (χ1n) is 3.02. The molecule has 0 unspecified atom stereocenters. The third-order valence-corrected chi connectivity index (χ3v) is 1.22. The van der Waals surface area contributed by atoms with Gasteiger partial charge in [0.25, 0.3) is 0 Å². The Morgan fingerprint density at radius 2 is 2.56 bits per heavy atom. The molecule has 50 valence electrons. The molecule has 0 spiro atoms. The van der Waals surface area contributed by atoms with Gasteiger partial charge in [-0.05, 0) is 18.9 Å². The maximum Gasteiger partial charge on any atom is 0.156 e. The molecule has 0 aromatic carbocycles. The molecule has 9 heavy (non-hydrogen) atoms. The summed E-state index contributed by atoms with van der Waals surface area (Å²) in [5.41, 5.74) is 0. The van der Waals surface area contributed by atoms with Crippen molar-refractivity contribution in [3.63, 3.8) is 0 Å². The third kappa shape index (κ3) is 1.49. The Hall–Kier alpha value is -0.920. The minimum absolute atomic E-state index is 0.0368. The van der Waals surface area contributed by atoms with Crippen LogP contribution in [-0.2, 0) is 4.74 Å². The van der Waals surface area contributed by atoms with Crippen LogP contribution in [0, 0.1) is 0 Å². The Labute approximate surface area is 54.5 Å². The smallest absolute Gasteiger partial charge is 0.156 e. The third-order valence-electron chi connectivity index (χ3n) is 1.22. The van der Waals surface area contributed by atoms with Gasteiger partial charge in [-0.15, -0.1) is 0 Å². The standard InChI is InChI=1S/C7H10O2/c1-6(8)7-4-2-3-5-9-7/h4,8H,1-3,5H2. The van der Waals surface area contributed by atoms with Crippen LogP contribution in [0.1, 0.15) is 12.8 Å². The molecule has 1 aliphatic rings. The van der Waals surface area contributed by atoms with E-state index >= 15 is 0 Å². The van der Waals surface area contributed by atoms with Gasteiger partial charge < -0.3 is 9.84 Å². The zero-order valence-electron chi connectivity index (χ0n) is 5.26. The lowest BCUT2D eigenvalue weighted by Gasteiger charge is -2.12. The van der Waals surface area contributed by atoms with Gasteiger partial charge in [-0.2, -0.15) is 0 Å². The summed E-state index contributed by atoms with van der Waals surface area (Å²) >= 11 is 0. The van der Waals surface area contributed by atoms with Gasteiger partial charge in [0, 0.05) is 0 Å². The number of ether oxygens (including phenoxy) is 1. The van der Waals surface area contributed by atoms with Crippen molar-refractivity contribution in [2.75, 3.05) is 6.61 Å². The second kappa shape index (κ2) is 2.58. The maximum atomic E-state index is 8.79. The van der Waals surface area contributed by atoms with Crippen molar-refractivity contribution in [1.29, 1.82) is 0 Å². The maximum absolute atomic E-state index is 8.79. The van der Waals surface area contributed by atoms with E-state index in [1.807, 2.05) is 6.08 Å². The molecule has 1 heterocycles. The zero-order valence-corrected chi connectivity index (χ0v) is 5.26. The fraction of sp³-hybridized carbons (Fsp3) is 0.429. The molecule has 0 radical (unpaired) electrons. The normalized spacial score (nSPS) is 18.0. The van der Waals surface area contributed by atoms with Crippen molar-refractivity contribution in [3.05, 3.63) is 24.2 Å². The van der Waals surface area contributed by atoms with E-state index in [4.69, 9.17) is 9.84 Å². The monoisotopic (exact) mass is 126 g/mol. The van der Waals surface area contributed by atoms with E-state index in [9.17, 15) is 0 Å². The predicted molar refractivity (Wildman–Crippen MR) is 35.0 cm³/mol. The average Bonchev–Trinajstić information content (AvgIpc) is 1.90. The van der Waals surface area contributed by atoms with Crippen LogP contribution in [0.2, 0.25) is 0 Å². The van der Waals surface area contributed by atoms with Gasteiger partial charge in [0.15, 0.2) is 5.76 Å². The number of hydrogen-bond acceptors (Lipinski definition) is 2. The number of aliphatic hydroxyl groups excluding tert-OH is 1. The molecule has 0 aliphatic carbocycles. The molecule has 0 saturated heterocycles. The highest BCUT2D eigenvalue weighted by atomic mass is 16.5. The number of rotatable bonds is 1. The van der Waals surface area contributed by atoms with Crippen LogP contribution in [0.15, 0.2) is 24.2 Å². The molecule has 1 rings (SSSR count). The van der Waals surface area contributed by atoms with Gasteiger partial charge in [0.05, 0.1) is 6.61 Å². The summed E-state index contributed by atoms with van der Waals surface area (Å²) in [6.07, 6.45) is 3.87. The van der Waals surface area contributed by atoms with Crippen molar-refractivity contribution in [2.45, 2.75) is 12.8 Å². The van der Waals surface area contributed by atoms with Crippen LogP contribution in [0.3, 0.4) is 0 Å². The van der Waals surface area contributed by atoms with Gasteiger partial charge in [0.1, 0.15) is 5.76 Å². The quantitative estimate of drug-likeness (QED) is 0.542. The molecular formula is C7H10O2. The van der Waals surface area contributed by atoms with E-state index in [1.54, 1.807) is 0 Å². The fourth-order valence-electron chi connectivity index (χ4n) is 0.759. The Morgan fingerprint density at radius 3 is 2.89 bits per heavy atom. The van der Waals surface area contributed by atoms with E-state index in [2.05, 4.69) is 6.58 Å². The molecule has 0 aromatic heterocycles. The van der Waals surface area contributed by atoms with E-state index in [1.165, 1.54) is 0 Å². The molecule has 0 saturated carbocycles. The topological polar surface area (TPSA) is 29.5 Å². The van der Waals surface area contributed by atoms with Gasteiger partial charge in [-0.1, -0.05) is 6.58 Å². The van der Waals surface area contributed by atoms with Gasteiger partial charge >= 0.3 is 0 Å². The molecule has 0 aromatic rings. The molecule has 2 heteroatoms. The van der Waals surface area contributed by atoms with E-state index < -0.39 is 0 Å². The van der Waals surface area contributed by atoms with Crippen molar-refractivity contribution < 1.29 is 9.84 Å². The Kier molecular flexibility index (Phi) is 1.78. The molecule has 0 fully saturated rings. The minimum Gasteiger partial charge on any atom is -0.505 e. The zero-order chi connectivity index (χ0) is 6.69. The summed E-state index contributed by atoms with van der Waals surface area (Å²) in [7, 11) is 0. The first kappa shape index (κ1) is 6.20. The van der Waals surface area contributed by atoms with E-state index in [-0.39, 0.29) is 5.76 Å². The number of aliphatic hydroxyl groups is 1. The first-order chi connectivity index (χ1) is 4.30. The van der Waals surface area contributed by atoms with Crippen LogP contribution < -0.4 is 0 Å². The molecule has 2 nitrogen and oxygen atoms in total. The summed E-state index contributed by atoms with van der Waals surface area (Å²) < 4.78 is 5.05. The molecule has 0 atom stereocenters. The summed E-state index contributed by atoms with van der Waals surface area (Å²) in [4.78, 5) is 0. The molecule has 0 amide bonds. The molecule has 1 aliphatic heterocycles. The predicted octanol–water partition coefficient (Wildman–Crippen LogP) is 1.75. The van der Waals surface area contributed by atoms with Gasteiger partial charge in [0.2, 0.25) is 0 Å². The van der Waals surface area contributed by atoms with Crippen LogP contribution in [-0.4, -0.2) is 11.7 Å². The Morgan fingerprint density at radius 1 is 1.78 bits per heavy atom. The minimum atomic E-state index is 0.0368. The number of allylic oxidation sites excluding steroid dienone is 1. The van der Waals surface area contributed by atoms with E-state index in [0.717, 1.165) is 12.8 Å². The van der Waals surface area contributed by atoms with Crippen molar-refractivity contribution in [1.82, 2.24) is 0 Å². The molecule has 1 N–H and O–H groups in total. The lowest BCUT2D eigenvalue weighted by molar-refractivity contribution is 0.178.